The van der Waals surface area contributed by atoms with Crippen LogP contribution in [0.25, 0.3) is 0 Å². The van der Waals surface area contributed by atoms with E-state index in [1.54, 1.807) is 12.1 Å². The molecule has 1 atom stereocenters. The molecule has 0 spiro atoms. The highest BCUT2D eigenvalue weighted by Crippen LogP contribution is 2.35. The molecule has 0 aromatic heterocycles. The first kappa shape index (κ1) is 33.3. The fourth-order valence-corrected chi connectivity index (χ4v) is 5.84. The molecule has 2 N–H and O–H groups in total. The minimum absolute atomic E-state index is 0. The molecular weight excluding hydrogens is 605 g/mol. The van der Waals surface area contributed by atoms with E-state index in [2.05, 4.69) is 10.0 Å². The number of carbonyl (C=O) groups excluding carboxylic acids is 1. The summed E-state index contributed by atoms with van der Waals surface area (Å²) in [6.45, 7) is 2.31. The van der Waals surface area contributed by atoms with Gasteiger partial charge in [0.25, 0.3) is 0 Å². The predicted octanol–water partition coefficient (Wildman–Crippen LogP) is 5.20. The summed E-state index contributed by atoms with van der Waals surface area (Å²) in [6, 6.07) is 24.6. The Morgan fingerprint density at radius 1 is 0.951 bits per heavy atom. The van der Waals surface area contributed by atoms with E-state index in [1.807, 2.05) is 71.6 Å². The van der Waals surface area contributed by atoms with Crippen molar-refractivity contribution in [3.8, 4) is 0 Å². The topological polar surface area (TPSA) is 87.7 Å². The number of hydrogen-bond acceptors (Lipinski definition) is 5. The van der Waals surface area contributed by atoms with Gasteiger partial charge in [0.15, 0.2) is 0 Å². The highest BCUT2D eigenvalue weighted by molar-refractivity contribution is 7.88. The molecular formula is C30H36Cl3N3O4S. The van der Waals surface area contributed by atoms with Gasteiger partial charge < -0.3 is 9.64 Å². The van der Waals surface area contributed by atoms with Gasteiger partial charge in [-0.1, -0.05) is 89.9 Å². The molecule has 1 unspecified atom stereocenters. The molecule has 0 bridgehead atoms. The fraction of sp³-hybridized carbons (Fsp3) is 0.367. The number of benzene rings is 3. The quantitative estimate of drug-likeness (QED) is 0.284. The van der Waals surface area contributed by atoms with E-state index >= 15 is 0 Å². The molecule has 1 heterocycles. The molecule has 4 rings (SSSR count). The third-order valence-corrected chi connectivity index (χ3v) is 8.73. The summed E-state index contributed by atoms with van der Waals surface area (Å²) in [5, 5.41) is 4.32. The van der Waals surface area contributed by atoms with E-state index < -0.39 is 21.5 Å². The monoisotopic (exact) mass is 639 g/mol. The minimum atomic E-state index is -3.36. The zero-order valence-corrected chi connectivity index (χ0v) is 26.0. The van der Waals surface area contributed by atoms with Crippen LogP contribution in [0.4, 0.5) is 0 Å². The number of nitrogens with one attached hydrogen (secondary N) is 2. The van der Waals surface area contributed by atoms with Gasteiger partial charge in [-0.2, -0.15) is 0 Å². The van der Waals surface area contributed by atoms with Crippen LogP contribution in [0.15, 0.2) is 78.9 Å². The standard InChI is InChI=1S/C30H35Cl2N3O4S.ClH/c1-40(37,38)34-22-30(25-10-6-3-7-11-25)14-16-35(17-15-30)29(36)28(33-19-23-8-4-2-5-9-23)21-39-20-24-12-13-26(31)27(32)18-24;/h2-13,18,28,33-34H,14-17,19-22H2,1H3;1H. The number of sulfonamides is 1. The number of halogens is 3. The number of likely N-dealkylation sites (tertiary alicyclic amines) is 1. The van der Waals surface area contributed by atoms with E-state index in [-0.39, 0.29) is 24.9 Å². The summed E-state index contributed by atoms with van der Waals surface area (Å²) in [7, 11) is -3.36. The number of carbonyl (C=O) groups is 1. The van der Waals surface area contributed by atoms with E-state index in [0.717, 1.165) is 16.7 Å². The zero-order valence-electron chi connectivity index (χ0n) is 22.9. The Kier molecular flexibility index (Phi) is 12.5. The van der Waals surface area contributed by atoms with Gasteiger partial charge in [-0.25, -0.2) is 13.1 Å². The molecule has 1 fully saturated rings. The summed E-state index contributed by atoms with van der Waals surface area (Å²) >= 11 is 12.2. The van der Waals surface area contributed by atoms with Crippen LogP contribution in [0.2, 0.25) is 10.0 Å². The van der Waals surface area contributed by atoms with Gasteiger partial charge in [0.05, 0.1) is 29.5 Å². The van der Waals surface area contributed by atoms with E-state index in [9.17, 15) is 13.2 Å². The third-order valence-electron chi connectivity index (χ3n) is 7.32. The Labute approximate surface area is 259 Å². The molecule has 1 aliphatic rings. The largest absolute Gasteiger partial charge is 0.375 e. The van der Waals surface area contributed by atoms with E-state index in [4.69, 9.17) is 27.9 Å². The zero-order chi connectivity index (χ0) is 28.6. The summed E-state index contributed by atoms with van der Waals surface area (Å²) < 4.78 is 32.5. The number of nitrogens with zero attached hydrogens (tertiary/aromatic N) is 1. The van der Waals surface area contributed by atoms with Gasteiger partial charge in [-0.05, 0) is 41.7 Å². The highest BCUT2D eigenvalue weighted by Gasteiger charge is 2.39. The first-order chi connectivity index (χ1) is 19.2. The third kappa shape index (κ3) is 9.68. The van der Waals surface area contributed by atoms with Crippen molar-refractivity contribution in [2.75, 3.05) is 32.5 Å². The van der Waals surface area contributed by atoms with Gasteiger partial charge in [0, 0.05) is 31.6 Å². The van der Waals surface area contributed by atoms with Gasteiger partial charge >= 0.3 is 0 Å². The van der Waals surface area contributed by atoms with Crippen molar-refractivity contribution in [1.29, 1.82) is 0 Å². The summed E-state index contributed by atoms with van der Waals surface area (Å²) in [5.74, 6) is -0.0391. The number of hydrogen-bond donors (Lipinski definition) is 2. The molecule has 1 aliphatic heterocycles. The Hall–Kier alpha value is -2.17. The molecule has 3 aromatic rings. The molecule has 7 nitrogen and oxygen atoms in total. The molecule has 1 amide bonds. The van der Waals surface area contributed by atoms with Crippen molar-refractivity contribution < 1.29 is 17.9 Å². The van der Waals surface area contributed by atoms with Crippen molar-refractivity contribution in [3.05, 3.63) is 106 Å². The molecule has 0 aliphatic carbocycles. The first-order valence-corrected chi connectivity index (χ1v) is 15.9. The van der Waals surface area contributed by atoms with Crippen LogP contribution in [-0.4, -0.2) is 57.8 Å². The fourth-order valence-electron chi connectivity index (χ4n) is 4.98. The molecule has 222 valence electrons. The Bertz CT molecular complexity index is 1370. The van der Waals surface area contributed by atoms with Crippen LogP contribution < -0.4 is 10.0 Å². The van der Waals surface area contributed by atoms with Crippen LogP contribution in [0.3, 0.4) is 0 Å². The molecule has 3 aromatic carbocycles. The maximum Gasteiger partial charge on any atom is 0.242 e. The van der Waals surface area contributed by atoms with Gasteiger partial charge in [-0.15, -0.1) is 12.4 Å². The van der Waals surface area contributed by atoms with Crippen molar-refractivity contribution in [2.45, 2.75) is 37.5 Å². The van der Waals surface area contributed by atoms with Crippen molar-refractivity contribution in [2.24, 2.45) is 0 Å². The average molecular weight is 641 g/mol. The van der Waals surface area contributed by atoms with Crippen LogP contribution in [0, 0.1) is 0 Å². The number of ether oxygens (including phenoxy) is 1. The number of piperidine rings is 1. The van der Waals surface area contributed by atoms with Gasteiger partial charge in [-0.3, -0.25) is 10.1 Å². The minimum Gasteiger partial charge on any atom is -0.375 e. The summed E-state index contributed by atoms with van der Waals surface area (Å²) in [4.78, 5) is 15.6. The normalized spacial score (nSPS) is 15.6. The lowest BCUT2D eigenvalue weighted by Crippen LogP contribution is -2.55. The molecule has 0 saturated carbocycles. The lowest BCUT2D eigenvalue weighted by molar-refractivity contribution is -0.137. The Balaban J connectivity index is 0.00000462. The molecule has 1 saturated heterocycles. The molecule has 41 heavy (non-hydrogen) atoms. The van der Waals surface area contributed by atoms with E-state index in [0.29, 0.717) is 55.7 Å². The second-order valence-electron chi connectivity index (χ2n) is 10.2. The van der Waals surface area contributed by atoms with Gasteiger partial charge in [0.1, 0.15) is 6.04 Å². The number of rotatable bonds is 12. The Morgan fingerprint density at radius 2 is 1.59 bits per heavy atom. The Morgan fingerprint density at radius 3 is 2.20 bits per heavy atom. The summed E-state index contributed by atoms with van der Waals surface area (Å²) in [6.07, 6.45) is 2.45. The average Bonchev–Trinajstić information content (AvgIpc) is 2.96. The highest BCUT2D eigenvalue weighted by atomic mass is 35.5. The van der Waals surface area contributed by atoms with E-state index in [1.165, 1.54) is 6.26 Å². The lowest BCUT2D eigenvalue weighted by atomic mass is 9.73. The second kappa shape index (κ2) is 15.3. The summed E-state index contributed by atoms with van der Waals surface area (Å²) in [5.41, 5.74) is 2.62. The second-order valence-corrected chi connectivity index (χ2v) is 12.9. The lowest BCUT2D eigenvalue weighted by Gasteiger charge is -2.43. The smallest absolute Gasteiger partial charge is 0.242 e. The SMILES string of the molecule is CS(=O)(=O)NCC1(c2ccccc2)CCN(C(=O)C(COCc2ccc(Cl)c(Cl)c2)NCc2ccccc2)CC1.Cl. The maximum absolute atomic E-state index is 13.8. The predicted molar refractivity (Wildman–Crippen MR) is 167 cm³/mol. The van der Waals surface area contributed by atoms with Crippen LogP contribution in [0.5, 0.6) is 0 Å². The maximum atomic E-state index is 13.8. The molecule has 0 radical (unpaired) electrons. The van der Waals surface area contributed by atoms with Gasteiger partial charge in [0.2, 0.25) is 15.9 Å². The number of amides is 1. The first-order valence-electron chi connectivity index (χ1n) is 13.2. The van der Waals surface area contributed by atoms with Crippen molar-refractivity contribution in [1.82, 2.24) is 14.9 Å². The van der Waals surface area contributed by atoms with Crippen LogP contribution in [0.1, 0.15) is 29.5 Å². The van der Waals surface area contributed by atoms with Crippen molar-refractivity contribution >= 4 is 51.5 Å². The molecule has 11 heteroatoms. The van der Waals surface area contributed by atoms with Crippen LogP contribution in [-0.2, 0) is 38.1 Å². The van der Waals surface area contributed by atoms with Crippen LogP contribution >= 0.6 is 35.6 Å². The van der Waals surface area contributed by atoms with Crippen molar-refractivity contribution in [3.63, 3.8) is 0 Å².